The molecule has 0 saturated heterocycles. The summed E-state index contributed by atoms with van der Waals surface area (Å²) < 4.78 is 0. The van der Waals surface area contributed by atoms with E-state index in [0.717, 1.165) is 6.21 Å². The summed E-state index contributed by atoms with van der Waals surface area (Å²) in [7, 11) is 1.67. The first-order valence-corrected chi connectivity index (χ1v) is 3.86. The van der Waals surface area contributed by atoms with Gasteiger partial charge in [-0.05, 0) is 11.6 Å². The Morgan fingerprint density at radius 3 is 2.58 bits per heavy atom. The van der Waals surface area contributed by atoms with Gasteiger partial charge in [-0.15, -0.1) is 0 Å². The molecule has 1 rings (SSSR count). The third-order valence-corrected chi connectivity index (χ3v) is 1.69. The smallest absolute Gasteiger partial charge is 0.224 e. The van der Waals surface area contributed by atoms with Crippen LogP contribution in [0.5, 0.6) is 0 Å². The Morgan fingerprint density at radius 1 is 1.42 bits per heavy atom. The monoisotopic (exact) mass is 204 g/mol. The second-order valence-corrected chi connectivity index (χ2v) is 2.63. The summed E-state index contributed by atoms with van der Waals surface area (Å²) in [5.74, 6) is 0. The van der Waals surface area contributed by atoms with Gasteiger partial charge in [0.05, 0.1) is 5.69 Å². The van der Waals surface area contributed by atoms with Crippen molar-refractivity contribution in [1.82, 2.24) is 9.97 Å². The van der Waals surface area contributed by atoms with Crippen LogP contribution in [0.2, 0.25) is 10.4 Å². The summed E-state index contributed by atoms with van der Waals surface area (Å²) >= 11 is 11.2. The quantitative estimate of drug-likeness (QED) is 0.439. The van der Waals surface area contributed by atoms with Crippen LogP contribution in [0.3, 0.4) is 0 Å². The van der Waals surface area contributed by atoms with Crippen molar-refractivity contribution in [2.45, 2.75) is 0 Å². The molecule has 64 valence electrons. The first-order chi connectivity index (χ1) is 5.69. The molecular weight excluding hydrogens is 199 g/mol. The Bertz CT molecular complexity index is 313. The molecule has 0 aliphatic carbocycles. The van der Waals surface area contributed by atoms with Gasteiger partial charge in [0.15, 0.2) is 5.15 Å². The fourth-order valence-corrected chi connectivity index (χ4v) is 1.25. The van der Waals surface area contributed by atoms with Gasteiger partial charge in [-0.2, -0.15) is 0 Å². The van der Waals surface area contributed by atoms with Crippen molar-refractivity contribution in [1.29, 1.82) is 5.41 Å². The molecule has 1 heterocycles. The number of nitrogens with one attached hydrogen (secondary N) is 2. The highest BCUT2D eigenvalue weighted by molar-refractivity contribution is 6.34. The molecule has 0 amide bonds. The maximum Gasteiger partial charge on any atom is 0.224 e. The molecule has 0 saturated carbocycles. The molecule has 12 heavy (non-hydrogen) atoms. The molecule has 1 aromatic rings. The standard InChI is InChI=1S/C6H6Cl2N4/c1-10-4-3(2-9)11-6(8)12-5(4)7/h2,9-10H,1H3. The predicted molar refractivity (Wildman–Crippen MR) is 49.5 cm³/mol. The van der Waals surface area contributed by atoms with E-state index in [0.29, 0.717) is 11.4 Å². The van der Waals surface area contributed by atoms with E-state index in [4.69, 9.17) is 28.6 Å². The maximum absolute atomic E-state index is 7.01. The van der Waals surface area contributed by atoms with Gasteiger partial charge in [0.25, 0.3) is 0 Å². The molecule has 0 unspecified atom stereocenters. The van der Waals surface area contributed by atoms with Crippen molar-refractivity contribution in [3.05, 3.63) is 16.1 Å². The fraction of sp³-hybridized carbons (Fsp3) is 0.167. The lowest BCUT2D eigenvalue weighted by atomic mass is 10.3. The second-order valence-electron chi connectivity index (χ2n) is 1.94. The highest BCUT2D eigenvalue weighted by atomic mass is 35.5. The number of rotatable bonds is 2. The zero-order chi connectivity index (χ0) is 9.14. The van der Waals surface area contributed by atoms with Crippen LogP contribution in [0.25, 0.3) is 0 Å². The number of hydrogen-bond acceptors (Lipinski definition) is 4. The molecule has 0 atom stereocenters. The lowest BCUT2D eigenvalue weighted by molar-refractivity contribution is 1.15. The molecule has 2 N–H and O–H groups in total. The number of nitrogens with zero attached hydrogens (tertiary/aromatic N) is 2. The van der Waals surface area contributed by atoms with E-state index in [2.05, 4.69) is 15.3 Å². The topological polar surface area (TPSA) is 61.7 Å². The van der Waals surface area contributed by atoms with Crippen LogP contribution >= 0.6 is 23.2 Å². The fourth-order valence-electron chi connectivity index (χ4n) is 0.759. The van der Waals surface area contributed by atoms with Crippen molar-refractivity contribution in [2.24, 2.45) is 0 Å². The first kappa shape index (κ1) is 9.22. The Morgan fingerprint density at radius 2 is 2.08 bits per heavy atom. The minimum absolute atomic E-state index is 0.0394. The van der Waals surface area contributed by atoms with E-state index >= 15 is 0 Å². The number of anilines is 1. The Kier molecular flexibility index (Phi) is 2.83. The summed E-state index contributed by atoms with van der Waals surface area (Å²) in [4.78, 5) is 7.49. The van der Waals surface area contributed by atoms with Crippen molar-refractivity contribution in [3.8, 4) is 0 Å². The summed E-state index contributed by atoms with van der Waals surface area (Å²) in [5.41, 5.74) is 0.888. The highest BCUT2D eigenvalue weighted by Gasteiger charge is 2.08. The van der Waals surface area contributed by atoms with Gasteiger partial charge in [-0.3, -0.25) is 0 Å². The molecule has 6 heteroatoms. The van der Waals surface area contributed by atoms with Crippen LogP contribution < -0.4 is 5.32 Å². The molecular formula is C6H6Cl2N4. The van der Waals surface area contributed by atoms with Crippen molar-refractivity contribution in [2.75, 3.05) is 12.4 Å². The normalized spacial score (nSPS) is 9.58. The van der Waals surface area contributed by atoms with Gasteiger partial charge < -0.3 is 10.7 Å². The van der Waals surface area contributed by atoms with Gasteiger partial charge in [-0.1, -0.05) is 11.6 Å². The summed E-state index contributed by atoms with van der Waals surface area (Å²) in [6, 6.07) is 0. The molecule has 0 fully saturated rings. The van der Waals surface area contributed by atoms with Crippen molar-refractivity contribution >= 4 is 35.1 Å². The van der Waals surface area contributed by atoms with Crippen molar-refractivity contribution < 1.29 is 0 Å². The predicted octanol–water partition coefficient (Wildman–Crippen LogP) is 1.82. The van der Waals surface area contributed by atoms with Gasteiger partial charge >= 0.3 is 0 Å². The number of halogens is 2. The zero-order valence-electron chi connectivity index (χ0n) is 6.23. The molecule has 1 aromatic heterocycles. The van der Waals surface area contributed by atoms with E-state index in [-0.39, 0.29) is 10.4 Å². The zero-order valence-corrected chi connectivity index (χ0v) is 7.74. The van der Waals surface area contributed by atoms with Crippen LogP contribution in [0, 0.1) is 5.41 Å². The SMILES string of the molecule is CNc1c(Cl)nc(Cl)nc1C=N. The Hall–Kier alpha value is -0.870. The van der Waals surface area contributed by atoms with Crippen molar-refractivity contribution in [3.63, 3.8) is 0 Å². The number of aromatic nitrogens is 2. The van der Waals surface area contributed by atoms with E-state index in [9.17, 15) is 0 Å². The molecule has 0 radical (unpaired) electrons. The van der Waals surface area contributed by atoms with Gasteiger partial charge in [0.1, 0.15) is 5.69 Å². The maximum atomic E-state index is 7.01. The van der Waals surface area contributed by atoms with E-state index in [1.165, 1.54) is 0 Å². The van der Waals surface area contributed by atoms with Crippen LogP contribution in [0.15, 0.2) is 0 Å². The summed E-state index contributed by atoms with van der Waals surface area (Å²) in [5, 5.41) is 10.0. The van der Waals surface area contributed by atoms with E-state index in [1.807, 2.05) is 0 Å². The molecule has 0 spiro atoms. The average molecular weight is 205 g/mol. The Balaban J connectivity index is 3.33. The largest absolute Gasteiger partial charge is 0.384 e. The number of hydrogen-bond donors (Lipinski definition) is 2. The average Bonchev–Trinajstić information content (AvgIpc) is 2.03. The van der Waals surface area contributed by atoms with E-state index in [1.54, 1.807) is 7.05 Å². The second kappa shape index (κ2) is 3.69. The van der Waals surface area contributed by atoms with E-state index < -0.39 is 0 Å². The molecule has 4 nitrogen and oxygen atoms in total. The first-order valence-electron chi connectivity index (χ1n) is 3.10. The van der Waals surface area contributed by atoms with Crippen LogP contribution in [0.1, 0.15) is 5.69 Å². The minimum atomic E-state index is 0.0394. The van der Waals surface area contributed by atoms with Crippen LogP contribution in [0.4, 0.5) is 5.69 Å². The molecule has 0 aromatic carbocycles. The molecule has 0 aliphatic rings. The third-order valence-electron chi connectivity index (χ3n) is 1.25. The van der Waals surface area contributed by atoms with Gasteiger partial charge in [0, 0.05) is 13.3 Å². The van der Waals surface area contributed by atoms with Gasteiger partial charge in [0.2, 0.25) is 5.28 Å². The summed E-state index contributed by atoms with van der Waals surface area (Å²) in [6.07, 6.45) is 1.06. The van der Waals surface area contributed by atoms with Crippen LogP contribution in [-0.2, 0) is 0 Å². The molecule has 0 aliphatic heterocycles. The van der Waals surface area contributed by atoms with Crippen LogP contribution in [-0.4, -0.2) is 23.2 Å². The van der Waals surface area contributed by atoms with Gasteiger partial charge in [-0.25, -0.2) is 9.97 Å². The molecule has 0 bridgehead atoms. The summed E-state index contributed by atoms with van der Waals surface area (Å²) in [6.45, 7) is 0. The third kappa shape index (κ3) is 1.65. The lowest BCUT2D eigenvalue weighted by Gasteiger charge is -2.04. The Labute approximate surface area is 79.4 Å². The minimum Gasteiger partial charge on any atom is -0.384 e. The highest BCUT2D eigenvalue weighted by Crippen LogP contribution is 2.22. The lowest BCUT2D eigenvalue weighted by Crippen LogP contribution is -2.00.